The van der Waals surface area contributed by atoms with Crippen LogP contribution in [0.3, 0.4) is 0 Å². The lowest BCUT2D eigenvalue weighted by molar-refractivity contribution is 0.0471. The zero-order valence-corrected chi connectivity index (χ0v) is 16.2. The van der Waals surface area contributed by atoms with Crippen LogP contribution in [0.15, 0.2) is 72.8 Å². The van der Waals surface area contributed by atoms with Crippen molar-refractivity contribution in [3.05, 3.63) is 105 Å². The van der Waals surface area contributed by atoms with Crippen LogP contribution in [0, 0.1) is 0 Å². The molecule has 142 valence electrons. The van der Waals surface area contributed by atoms with Crippen LogP contribution < -0.4 is 0 Å². The smallest absolute Gasteiger partial charge is 0.339 e. The van der Waals surface area contributed by atoms with Crippen LogP contribution in [-0.2, 0) is 22.7 Å². The SMILES string of the molecule is O=C(OCc1cccc(COC(=O)c2ccccc2Cl)c1)c1ccccc1Cl. The first-order chi connectivity index (χ1) is 13.5. The summed E-state index contributed by atoms with van der Waals surface area (Å²) in [5.74, 6) is -0.998. The number of carbonyl (C=O) groups excluding carboxylic acids is 2. The van der Waals surface area contributed by atoms with Gasteiger partial charge in [-0.2, -0.15) is 0 Å². The van der Waals surface area contributed by atoms with Crippen molar-refractivity contribution in [2.24, 2.45) is 0 Å². The van der Waals surface area contributed by atoms with Crippen molar-refractivity contribution < 1.29 is 19.1 Å². The minimum atomic E-state index is -0.499. The summed E-state index contributed by atoms with van der Waals surface area (Å²) < 4.78 is 10.6. The summed E-state index contributed by atoms with van der Waals surface area (Å²) >= 11 is 12.0. The lowest BCUT2D eigenvalue weighted by atomic mass is 10.1. The zero-order valence-electron chi connectivity index (χ0n) is 14.7. The summed E-state index contributed by atoms with van der Waals surface area (Å²) in [6.07, 6.45) is 0. The summed E-state index contributed by atoms with van der Waals surface area (Å²) in [6.45, 7) is 0.159. The minimum Gasteiger partial charge on any atom is -0.457 e. The van der Waals surface area contributed by atoms with E-state index in [1.54, 1.807) is 60.7 Å². The Morgan fingerprint density at radius 3 is 1.50 bits per heavy atom. The third kappa shape index (κ3) is 5.12. The molecule has 3 rings (SSSR count). The Morgan fingerprint density at radius 2 is 1.07 bits per heavy atom. The molecule has 0 heterocycles. The molecular formula is C22H16Cl2O4. The number of benzene rings is 3. The molecule has 0 aromatic heterocycles. The Balaban J connectivity index is 1.58. The van der Waals surface area contributed by atoms with E-state index in [1.807, 2.05) is 12.1 Å². The Hall–Kier alpha value is -2.82. The first-order valence-electron chi connectivity index (χ1n) is 8.45. The molecule has 0 fully saturated rings. The van der Waals surface area contributed by atoms with Gasteiger partial charge in [-0.25, -0.2) is 9.59 Å². The van der Waals surface area contributed by atoms with Crippen LogP contribution in [0.25, 0.3) is 0 Å². The van der Waals surface area contributed by atoms with Crippen molar-refractivity contribution in [1.82, 2.24) is 0 Å². The Kier molecular flexibility index (Phi) is 6.69. The fourth-order valence-corrected chi connectivity index (χ4v) is 2.94. The molecule has 4 nitrogen and oxygen atoms in total. The van der Waals surface area contributed by atoms with E-state index >= 15 is 0 Å². The highest BCUT2D eigenvalue weighted by Crippen LogP contribution is 2.18. The van der Waals surface area contributed by atoms with E-state index in [4.69, 9.17) is 32.7 Å². The average Bonchev–Trinajstić information content (AvgIpc) is 2.71. The lowest BCUT2D eigenvalue weighted by Gasteiger charge is -2.09. The van der Waals surface area contributed by atoms with Crippen molar-refractivity contribution >= 4 is 35.1 Å². The molecule has 0 aliphatic rings. The summed E-state index contributed by atoms with van der Waals surface area (Å²) in [7, 11) is 0. The fraction of sp³-hybridized carbons (Fsp3) is 0.0909. The number of halogens is 2. The lowest BCUT2D eigenvalue weighted by Crippen LogP contribution is -2.07. The second kappa shape index (κ2) is 9.40. The molecule has 6 heteroatoms. The maximum atomic E-state index is 12.1. The first kappa shape index (κ1) is 19.9. The van der Waals surface area contributed by atoms with Gasteiger partial charge in [0.05, 0.1) is 21.2 Å². The van der Waals surface area contributed by atoms with Crippen LogP contribution in [0.2, 0.25) is 10.0 Å². The molecule has 0 unspecified atom stereocenters. The average molecular weight is 415 g/mol. The van der Waals surface area contributed by atoms with Gasteiger partial charge in [0.25, 0.3) is 0 Å². The number of ether oxygens (including phenoxy) is 2. The third-order valence-electron chi connectivity index (χ3n) is 3.92. The van der Waals surface area contributed by atoms with Gasteiger partial charge in [-0.15, -0.1) is 0 Å². The van der Waals surface area contributed by atoms with Crippen molar-refractivity contribution in [2.75, 3.05) is 0 Å². The number of esters is 2. The van der Waals surface area contributed by atoms with Crippen molar-refractivity contribution in [3.8, 4) is 0 Å². The Morgan fingerprint density at radius 1 is 0.643 bits per heavy atom. The topological polar surface area (TPSA) is 52.6 Å². The number of carbonyl (C=O) groups is 2. The highest BCUT2D eigenvalue weighted by atomic mass is 35.5. The summed E-state index contributed by atoms with van der Waals surface area (Å²) in [6, 6.07) is 20.6. The molecule has 3 aromatic rings. The molecule has 0 bridgehead atoms. The van der Waals surface area contributed by atoms with E-state index in [2.05, 4.69) is 0 Å². The Bertz CT molecular complexity index is 924. The molecular weight excluding hydrogens is 399 g/mol. The fourth-order valence-electron chi connectivity index (χ4n) is 2.52. The molecule has 0 atom stereocenters. The molecule has 0 aliphatic carbocycles. The Labute approximate surface area is 172 Å². The van der Waals surface area contributed by atoms with Gasteiger partial charge in [-0.3, -0.25) is 0 Å². The van der Waals surface area contributed by atoms with E-state index in [1.165, 1.54) is 0 Å². The van der Waals surface area contributed by atoms with Gasteiger partial charge in [0, 0.05) is 0 Å². The van der Waals surface area contributed by atoms with Crippen LogP contribution >= 0.6 is 23.2 Å². The van der Waals surface area contributed by atoms with Gasteiger partial charge in [0.15, 0.2) is 0 Å². The first-order valence-corrected chi connectivity index (χ1v) is 9.21. The molecule has 0 aliphatic heterocycles. The normalized spacial score (nSPS) is 10.4. The molecule has 0 amide bonds. The number of hydrogen-bond acceptors (Lipinski definition) is 4. The summed E-state index contributed by atoms with van der Waals surface area (Å²) in [4.78, 5) is 24.3. The highest BCUT2D eigenvalue weighted by Gasteiger charge is 2.13. The van der Waals surface area contributed by atoms with E-state index in [-0.39, 0.29) is 13.2 Å². The van der Waals surface area contributed by atoms with Crippen molar-refractivity contribution in [2.45, 2.75) is 13.2 Å². The van der Waals surface area contributed by atoms with E-state index in [0.29, 0.717) is 21.2 Å². The van der Waals surface area contributed by atoms with Crippen molar-refractivity contribution in [3.63, 3.8) is 0 Å². The van der Waals surface area contributed by atoms with Crippen molar-refractivity contribution in [1.29, 1.82) is 0 Å². The van der Waals surface area contributed by atoms with E-state index < -0.39 is 11.9 Å². The molecule has 0 spiro atoms. The van der Waals surface area contributed by atoms with Gasteiger partial charge in [0.2, 0.25) is 0 Å². The summed E-state index contributed by atoms with van der Waals surface area (Å²) in [5.41, 5.74) is 2.17. The monoisotopic (exact) mass is 414 g/mol. The quantitative estimate of drug-likeness (QED) is 0.484. The van der Waals surface area contributed by atoms with Gasteiger partial charge < -0.3 is 9.47 Å². The van der Waals surface area contributed by atoms with Crippen LogP contribution in [0.4, 0.5) is 0 Å². The molecule has 28 heavy (non-hydrogen) atoms. The summed E-state index contributed by atoms with van der Waals surface area (Å²) in [5, 5.41) is 0.681. The van der Waals surface area contributed by atoms with Gasteiger partial charge in [0.1, 0.15) is 13.2 Å². The van der Waals surface area contributed by atoms with Crippen LogP contribution in [0.5, 0.6) is 0 Å². The zero-order chi connectivity index (χ0) is 19.9. The van der Waals surface area contributed by atoms with E-state index in [0.717, 1.165) is 11.1 Å². The minimum absolute atomic E-state index is 0.0797. The molecule has 0 saturated carbocycles. The van der Waals surface area contributed by atoms with Crippen LogP contribution in [0.1, 0.15) is 31.8 Å². The second-order valence-electron chi connectivity index (χ2n) is 5.93. The standard InChI is InChI=1S/C22H16Cl2O4/c23-19-10-3-1-8-17(19)21(25)27-13-15-6-5-7-16(12-15)14-28-22(26)18-9-2-4-11-20(18)24/h1-12H,13-14H2. The van der Waals surface area contributed by atoms with E-state index in [9.17, 15) is 9.59 Å². The predicted molar refractivity (Wildman–Crippen MR) is 108 cm³/mol. The van der Waals surface area contributed by atoms with Gasteiger partial charge in [-0.05, 0) is 41.5 Å². The molecule has 0 saturated heterocycles. The van der Waals surface area contributed by atoms with Gasteiger partial charge >= 0.3 is 11.9 Å². The predicted octanol–water partition coefficient (Wildman–Crippen LogP) is 5.71. The molecule has 3 aromatic carbocycles. The maximum absolute atomic E-state index is 12.1. The largest absolute Gasteiger partial charge is 0.457 e. The number of hydrogen-bond donors (Lipinski definition) is 0. The second-order valence-corrected chi connectivity index (χ2v) is 6.75. The third-order valence-corrected chi connectivity index (χ3v) is 4.58. The molecule has 0 N–H and O–H groups in total. The molecule has 0 radical (unpaired) electrons. The maximum Gasteiger partial charge on any atom is 0.339 e. The van der Waals surface area contributed by atoms with Crippen LogP contribution in [-0.4, -0.2) is 11.9 Å². The van der Waals surface area contributed by atoms with Gasteiger partial charge in [-0.1, -0.05) is 65.7 Å². The number of rotatable bonds is 6. The highest BCUT2D eigenvalue weighted by molar-refractivity contribution is 6.33.